The number of ether oxygens (including phenoxy) is 2. The van der Waals surface area contributed by atoms with E-state index in [1.807, 2.05) is 0 Å². The molecule has 2 rings (SSSR count). The van der Waals surface area contributed by atoms with Crippen LogP contribution in [0, 0.1) is 11.8 Å². The smallest absolute Gasteiger partial charge is 0.0965 e. The molecule has 0 N–H and O–H groups in total. The first-order valence-corrected chi connectivity index (χ1v) is 4.40. The average molecular weight is 156 g/mol. The number of hydrogen-bond acceptors (Lipinski definition) is 2. The molecule has 2 aliphatic heterocycles. The predicted molar refractivity (Wildman–Crippen MR) is 42.4 cm³/mol. The van der Waals surface area contributed by atoms with E-state index in [1.165, 1.54) is 0 Å². The van der Waals surface area contributed by atoms with Gasteiger partial charge in [-0.3, -0.25) is 0 Å². The largest absolute Gasteiger partial charge is 0.374 e. The van der Waals surface area contributed by atoms with Crippen molar-refractivity contribution in [1.82, 2.24) is 0 Å². The summed E-state index contributed by atoms with van der Waals surface area (Å²) in [4.78, 5) is 0. The Morgan fingerprint density at radius 3 is 2.09 bits per heavy atom. The lowest BCUT2D eigenvalue weighted by atomic mass is 9.74. The van der Waals surface area contributed by atoms with E-state index in [1.54, 1.807) is 0 Å². The molecule has 2 heteroatoms. The van der Waals surface area contributed by atoms with Crippen LogP contribution in [-0.4, -0.2) is 24.9 Å². The molecule has 2 saturated heterocycles. The van der Waals surface area contributed by atoms with E-state index in [4.69, 9.17) is 9.47 Å². The molecule has 0 aromatic rings. The second kappa shape index (κ2) is 2.20. The lowest BCUT2D eigenvalue weighted by Gasteiger charge is -2.55. The maximum Gasteiger partial charge on any atom is 0.0965 e. The van der Waals surface area contributed by atoms with Crippen LogP contribution in [0.25, 0.3) is 0 Å². The van der Waals surface area contributed by atoms with E-state index >= 15 is 0 Å². The Labute approximate surface area is 67.9 Å². The van der Waals surface area contributed by atoms with Crippen molar-refractivity contribution in [2.45, 2.75) is 32.5 Å². The van der Waals surface area contributed by atoms with Crippen molar-refractivity contribution in [2.75, 3.05) is 13.2 Å². The second-order valence-corrected chi connectivity index (χ2v) is 4.13. The molecule has 0 amide bonds. The monoisotopic (exact) mass is 156 g/mol. The van der Waals surface area contributed by atoms with E-state index < -0.39 is 0 Å². The van der Waals surface area contributed by atoms with Crippen molar-refractivity contribution in [3.63, 3.8) is 0 Å². The third kappa shape index (κ3) is 0.859. The van der Waals surface area contributed by atoms with E-state index in [0.29, 0.717) is 17.9 Å². The SMILES string of the molecule is CC1COC1C1(C)OCC1C. The number of hydrogen-bond donors (Lipinski definition) is 0. The zero-order chi connectivity index (χ0) is 8.06. The van der Waals surface area contributed by atoms with Crippen LogP contribution in [0.15, 0.2) is 0 Å². The molecule has 2 heterocycles. The van der Waals surface area contributed by atoms with Gasteiger partial charge in [0.05, 0.1) is 24.9 Å². The number of rotatable bonds is 1. The van der Waals surface area contributed by atoms with Crippen LogP contribution in [0.5, 0.6) is 0 Å². The fraction of sp³-hybridized carbons (Fsp3) is 1.00. The molecule has 2 nitrogen and oxygen atoms in total. The Kier molecular flexibility index (Phi) is 1.52. The molecule has 0 saturated carbocycles. The minimum atomic E-state index is 0.0255. The minimum absolute atomic E-state index is 0.0255. The van der Waals surface area contributed by atoms with Crippen molar-refractivity contribution in [3.8, 4) is 0 Å². The van der Waals surface area contributed by atoms with Gasteiger partial charge < -0.3 is 9.47 Å². The van der Waals surface area contributed by atoms with Crippen molar-refractivity contribution >= 4 is 0 Å². The molecule has 4 unspecified atom stereocenters. The van der Waals surface area contributed by atoms with Crippen LogP contribution < -0.4 is 0 Å². The van der Waals surface area contributed by atoms with Crippen molar-refractivity contribution in [3.05, 3.63) is 0 Å². The Hall–Kier alpha value is -0.0800. The molecule has 2 aliphatic rings. The van der Waals surface area contributed by atoms with Gasteiger partial charge in [0.25, 0.3) is 0 Å². The topological polar surface area (TPSA) is 18.5 Å². The maximum absolute atomic E-state index is 5.58. The summed E-state index contributed by atoms with van der Waals surface area (Å²) >= 11 is 0. The van der Waals surface area contributed by atoms with Gasteiger partial charge in [-0.1, -0.05) is 13.8 Å². The molecule has 64 valence electrons. The highest BCUT2D eigenvalue weighted by Gasteiger charge is 2.53. The molecule has 0 radical (unpaired) electrons. The van der Waals surface area contributed by atoms with E-state index in [9.17, 15) is 0 Å². The standard InChI is InChI=1S/C9H16O2/c1-6-4-10-8(6)9(3)7(2)5-11-9/h6-8H,4-5H2,1-3H3. The van der Waals surface area contributed by atoms with Gasteiger partial charge in [0.1, 0.15) is 0 Å². The zero-order valence-corrected chi connectivity index (χ0v) is 7.46. The van der Waals surface area contributed by atoms with Crippen molar-refractivity contribution in [2.24, 2.45) is 11.8 Å². The quantitative estimate of drug-likeness (QED) is 0.572. The summed E-state index contributed by atoms with van der Waals surface area (Å²) in [6, 6.07) is 0. The first-order valence-electron chi connectivity index (χ1n) is 4.40. The van der Waals surface area contributed by atoms with Crippen LogP contribution >= 0.6 is 0 Å². The van der Waals surface area contributed by atoms with Crippen LogP contribution in [0.3, 0.4) is 0 Å². The lowest BCUT2D eigenvalue weighted by molar-refractivity contribution is -0.296. The molecule has 0 spiro atoms. The minimum Gasteiger partial charge on any atom is -0.374 e. The summed E-state index contributed by atoms with van der Waals surface area (Å²) in [5.74, 6) is 1.35. The zero-order valence-electron chi connectivity index (χ0n) is 7.46. The molecular formula is C9H16O2. The van der Waals surface area contributed by atoms with Gasteiger partial charge in [0, 0.05) is 11.8 Å². The first-order chi connectivity index (χ1) is 5.14. The molecule has 0 bridgehead atoms. The molecule has 0 aromatic heterocycles. The summed E-state index contributed by atoms with van der Waals surface area (Å²) in [6.07, 6.45) is 0.353. The summed E-state index contributed by atoms with van der Waals surface area (Å²) < 4.78 is 11.1. The first kappa shape index (κ1) is 7.56. The fourth-order valence-corrected chi connectivity index (χ4v) is 1.99. The third-order valence-electron chi connectivity index (χ3n) is 3.24. The Bertz CT molecular complexity index is 169. The van der Waals surface area contributed by atoms with Gasteiger partial charge in [0.15, 0.2) is 0 Å². The second-order valence-electron chi connectivity index (χ2n) is 4.13. The van der Waals surface area contributed by atoms with E-state index in [2.05, 4.69) is 20.8 Å². The van der Waals surface area contributed by atoms with Crippen LogP contribution in [0.1, 0.15) is 20.8 Å². The summed E-state index contributed by atoms with van der Waals surface area (Å²) in [7, 11) is 0. The van der Waals surface area contributed by atoms with Gasteiger partial charge in [-0.2, -0.15) is 0 Å². The van der Waals surface area contributed by atoms with Crippen molar-refractivity contribution < 1.29 is 9.47 Å². The molecule has 0 aromatic carbocycles. The Morgan fingerprint density at radius 1 is 1.27 bits per heavy atom. The van der Waals surface area contributed by atoms with Crippen LogP contribution in [-0.2, 0) is 9.47 Å². The lowest BCUT2D eigenvalue weighted by Crippen LogP contribution is -2.64. The molecule has 11 heavy (non-hydrogen) atoms. The molecule has 4 atom stereocenters. The van der Waals surface area contributed by atoms with Gasteiger partial charge in [0.2, 0.25) is 0 Å². The van der Waals surface area contributed by atoms with Crippen LogP contribution in [0.2, 0.25) is 0 Å². The van der Waals surface area contributed by atoms with E-state index in [0.717, 1.165) is 13.2 Å². The van der Waals surface area contributed by atoms with Gasteiger partial charge >= 0.3 is 0 Å². The normalized spacial score (nSPS) is 56.5. The predicted octanol–water partition coefficient (Wildman–Crippen LogP) is 1.45. The van der Waals surface area contributed by atoms with Gasteiger partial charge in [-0.25, -0.2) is 0 Å². The maximum atomic E-state index is 5.58. The summed E-state index contributed by atoms with van der Waals surface area (Å²) in [6.45, 7) is 8.45. The van der Waals surface area contributed by atoms with Crippen LogP contribution in [0.4, 0.5) is 0 Å². The Balaban J connectivity index is 2.03. The molecule has 2 fully saturated rings. The van der Waals surface area contributed by atoms with Crippen molar-refractivity contribution in [1.29, 1.82) is 0 Å². The third-order valence-corrected chi connectivity index (χ3v) is 3.24. The highest BCUT2D eigenvalue weighted by molar-refractivity contribution is 5.01. The summed E-state index contributed by atoms with van der Waals surface area (Å²) in [5, 5.41) is 0. The highest BCUT2D eigenvalue weighted by Crippen LogP contribution is 2.43. The van der Waals surface area contributed by atoms with Gasteiger partial charge in [-0.15, -0.1) is 0 Å². The van der Waals surface area contributed by atoms with E-state index in [-0.39, 0.29) is 5.60 Å². The average Bonchev–Trinajstić information content (AvgIpc) is 1.98. The molecular weight excluding hydrogens is 140 g/mol. The van der Waals surface area contributed by atoms with Gasteiger partial charge in [-0.05, 0) is 6.92 Å². The summed E-state index contributed by atoms with van der Waals surface area (Å²) in [5.41, 5.74) is 0.0255. The molecule has 0 aliphatic carbocycles. The highest BCUT2D eigenvalue weighted by atomic mass is 16.6. The fourth-order valence-electron chi connectivity index (χ4n) is 1.99. The Morgan fingerprint density at radius 2 is 2.00 bits per heavy atom.